The fourth-order valence-electron chi connectivity index (χ4n) is 2.99. The van der Waals surface area contributed by atoms with Gasteiger partial charge in [0.25, 0.3) is 5.91 Å². The zero-order chi connectivity index (χ0) is 20.1. The third-order valence-corrected chi connectivity index (χ3v) is 4.41. The molecular formula is C21H29NO5. The second kappa shape index (κ2) is 9.04. The molecule has 0 bridgehead atoms. The van der Waals surface area contributed by atoms with Crippen molar-refractivity contribution in [3.8, 4) is 5.75 Å². The van der Waals surface area contributed by atoms with E-state index < -0.39 is 17.7 Å². The maximum absolute atomic E-state index is 12.7. The Morgan fingerprint density at radius 3 is 2.33 bits per heavy atom. The van der Waals surface area contributed by atoms with E-state index in [1.165, 1.54) is 4.90 Å². The van der Waals surface area contributed by atoms with Crippen LogP contribution >= 0.6 is 0 Å². The molecule has 0 saturated carbocycles. The summed E-state index contributed by atoms with van der Waals surface area (Å²) in [5, 5.41) is 10.4. The zero-order valence-electron chi connectivity index (χ0n) is 16.7. The summed E-state index contributed by atoms with van der Waals surface area (Å²) >= 11 is 0. The largest absolute Gasteiger partial charge is 0.503 e. The molecule has 27 heavy (non-hydrogen) atoms. The maximum Gasteiger partial charge on any atom is 0.290 e. The summed E-state index contributed by atoms with van der Waals surface area (Å²) in [6.07, 6.45) is 0. The number of carbonyl (C=O) groups is 2. The number of rotatable bonds is 9. The van der Waals surface area contributed by atoms with Gasteiger partial charge in [0.2, 0.25) is 0 Å². The Bertz CT molecular complexity index is 706. The van der Waals surface area contributed by atoms with Gasteiger partial charge in [0.1, 0.15) is 5.75 Å². The van der Waals surface area contributed by atoms with Gasteiger partial charge in [-0.05, 0) is 23.6 Å². The molecule has 0 aromatic heterocycles. The molecule has 1 amide bonds. The van der Waals surface area contributed by atoms with Crippen LogP contribution in [0, 0.1) is 11.8 Å². The molecule has 1 N–H and O–H groups in total. The Labute approximate surface area is 160 Å². The first kappa shape index (κ1) is 21.0. The van der Waals surface area contributed by atoms with E-state index in [1.807, 2.05) is 24.3 Å². The van der Waals surface area contributed by atoms with Crippen LogP contribution in [0.1, 0.15) is 39.3 Å². The number of methoxy groups -OCH3 is 1. The Morgan fingerprint density at radius 1 is 1.19 bits per heavy atom. The van der Waals surface area contributed by atoms with E-state index in [0.717, 1.165) is 11.3 Å². The number of benzene rings is 1. The van der Waals surface area contributed by atoms with Crippen LogP contribution in [0.3, 0.4) is 0 Å². The summed E-state index contributed by atoms with van der Waals surface area (Å²) in [4.78, 5) is 26.7. The predicted octanol–water partition coefficient (Wildman–Crippen LogP) is 3.29. The monoisotopic (exact) mass is 375 g/mol. The Kier molecular flexibility index (Phi) is 7.02. The van der Waals surface area contributed by atoms with E-state index in [0.29, 0.717) is 19.1 Å². The quantitative estimate of drug-likeness (QED) is 0.717. The van der Waals surface area contributed by atoms with Crippen LogP contribution in [0.5, 0.6) is 5.75 Å². The van der Waals surface area contributed by atoms with E-state index in [1.54, 1.807) is 21.0 Å². The summed E-state index contributed by atoms with van der Waals surface area (Å²) in [6, 6.07) is 6.69. The fraction of sp³-hybridized carbons (Fsp3) is 0.524. The number of hydrogen-bond donors (Lipinski definition) is 1. The van der Waals surface area contributed by atoms with Crippen molar-refractivity contribution in [3.63, 3.8) is 0 Å². The summed E-state index contributed by atoms with van der Waals surface area (Å²) in [6.45, 7) is 8.86. The Hall–Kier alpha value is -2.34. The molecule has 1 aromatic carbocycles. The minimum absolute atomic E-state index is 0.155. The molecule has 1 unspecified atom stereocenters. The van der Waals surface area contributed by atoms with E-state index >= 15 is 0 Å². The van der Waals surface area contributed by atoms with Crippen molar-refractivity contribution in [1.29, 1.82) is 0 Å². The molecule has 0 saturated heterocycles. The lowest BCUT2D eigenvalue weighted by molar-refractivity contribution is -0.130. The van der Waals surface area contributed by atoms with Crippen LogP contribution in [0.2, 0.25) is 0 Å². The smallest absolute Gasteiger partial charge is 0.290 e. The normalized spacial score (nSPS) is 17.4. The lowest BCUT2D eigenvalue weighted by Gasteiger charge is -2.27. The molecular weight excluding hydrogens is 346 g/mol. The van der Waals surface area contributed by atoms with Gasteiger partial charge in [-0.1, -0.05) is 39.8 Å². The molecule has 148 valence electrons. The van der Waals surface area contributed by atoms with Crippen LogP contribution in [-0.2, 0) is 14.3 Å². The Balaban J connectivity index is 2.37. The van der Waals surface area contributed by atoms with Gasteiger partial charge in [-0.3, -0.25) is 9.59 Å². The maximum atomic E-state index is 12.7. The first-order chi connectivity index (χ1) is 12.8. The van der Waals surface area contributed by atoms with E-state index in [9.17, 15) is 14.7 Å². The molecule has 1 atom stereocenters. The summed E-state index contributed by atoms with van der Waals surface area (Å²) in [7, 11) is 1.55. The number of ether oxygens (including phenoxy) is 2. The van der Waals surface area contributed by atoms with Crippen molar-refractivity contribution in [2.24, 2.45) is 11.8 Å². The minimum atomic E-state index is -0.623. The van der Waals surface area contributed by atoms with E-state index in [4.69, 9.17) is 9.47 Å². The molecule has 0 aliphatic carbocycles. The number of aliphatic hydroxyl groups is 1. The number of Topliss-reactive ketones (excluding diaryl/α,β-unsaturated/α-hetero) is 1. The second-order valence-electron chi connectivity index (χ2n) is 7.45. The summed E-state index contributed by atoms with van der Waals surface area (Å²) in [5.74, 6) is -0.419. The molecule has 0 spiro atoms. The lowest BCUT2D eigenvalue weighted by Crippen LogP contribution is -2.34. The van der Waals surface area contributed by atoms with Crippen molar-refractivity contribution in [2.75, 3.05) is 26.9 Å². The number of carbonyl (C=O) groups excluding carboxylic acids is 2. The fourth-order valence-corrected chi connectivity index (χ4v) is 2.99. The average molecular weight is 375 g/mol. The number of nitrogens with zero attached hydrogens (tertiary/aromatic N) is 1. The highest BCUT2D eigenvalue weighted by molar-refractivity contribution is 6.09. The van der Waals surface area contributed by atoms with Gasteiger partial charge in [-0.2, -0.15) is 0 Å². The second-order valence-corrected chi connectivity index (χ2v) is 7.45. The highest BCUT2D eigenvalue weighted by Crippen LogP contribution is 2.39. The van der Waals surface area contributed by atoms with Crippen molar-refractivity contribution in [1.82, 2.24) is 4.90 Å². The highest BCUT2D eigenvalue weighted by Gasteiger charge is 2.43. The van der Waals surface area contributed by atoms with Gasteiger partial charge in [-0.15, -0.1) is 0 Å². The van der Waals surface area contributed by atoms with E-state index in [-0.39, 0.29) is 23.8 Å². The molecule has 6 nitrogen and oxygen atoms in total. The molecule has 1 aromatic rings. The third kappa shape index (κ3) is 4.69. The molecule has 1 heterocycles. The van der Waals surface area contributed by atoms with Crippen molar-refractivity contribution >= 4 is 11.7 Å². The summed E-state index contributed by atoms with van der Waals surface area (Å²) < 4.78 is 10.8. The molecule has 0 fully saturated rings. The lowest BCUT2D eigenvalue weighted by atomic mass is 9.91. The number of amides is 1. The predicted molar refractivity (Wildman–Crippen MR) is 103 cm³/mol. The standard InChI is InChI=1S/C21H29NO5/c1-13(2)12-27-16-8-6-15(7-9-16)18-17(19(23)14(3)4)20(24)21(25)22(18)10-11-26-5/h6-9,13-14,18,24H,10-12H2,1-5H3. The van der Waals surface area contributed by atoms with Crippen LogP contribution < -0.4 is 4.74 Å². The van der Waals surface area contributed by atoms with Crippen molar-refractivity contribution in [2.45, 2.75) is 33.7 Å². The topological polar surface area (TPSA) is 76.1 Å². The van der Waals surface area contributed by atoms with Crippen LogP contribution in [0.15, 0.2) is 35.6 Å². The van der Waals surface area contributed by atoms with Crippen LogP contribution in [0.25, 0.3) is 0 Å². The molecule has 0 radical (unpaired) electrons. The number of aliphatic hydroxyl groups excluding tert-OH is 1. The van der Waals surface area contributed by atoms with Gasteiger partial charge in [0.05, 0.1) is 24.8 Å². The first-order valence-corrected chi connectivity index (χ1v) is 9.27. The van der Waals surface area contributed by atoms with Gasteiger partial charge in [-0.25, -0.2) is 0 Å². The SMILES string of the molecule is COCCN1C(=O)C(O)=C(C(=O)C(C)C)C1c1ccc(OCC(C)C)cc1. The van der Waals surface area contributed by atoms with Crippen LogP contribution in [-0.4, -0.2) is 48.6 Å². The molecule has 1 aliphatic rings. The van der Waals surface area contributed by atoms with Gasteiger partial charge >= 0.3 is 0 Å². The Morgan fingerprint density at radius 2 is 1.81 bits per heavy atom. The average Bonchev–Trinajstić information content (AvgIpc) is 2.88. The van der Waals surface area contributed by atoms with Gasteiger partial charge in [0, 0.05) is 19.6 Å². The van der Waals surface area contributed by atoms with Gasteiger partial charge in [0.15, 0.2) is 11.5 Å². The minimum Gasteiger partial charge on any atom is -0.503 e. The number of ketones is 1. The number of hydrogen-bond acceptors (Lipinski definition) is 5. The third-order valence-electron chi connectivity index (χ3n) is 4.41. The van der Waals surface area contributed by atoms with Crippen molar-refractivity contribution < 1.29 is 24.2 Å². The first-order valence-electron chi connectivity index (χ1n) is 9.27. The molecule has 2 rings (SSSR count). The highest BCUT2D eigenvalue weighted by atomic mass is 16.5. The van der Waals surface area contributed by atoms with Gasteiger partial charge < -0.3 is 19.5 Å². The molecule has 6 heteroatoms. The molecule has 1 aliphatic heterocycles. The zero-order valence-corrected chi connectivity index (χ0v) is 16.7. The summed E-state index contributed by atoms with van der Waals surface area (Å²) in [5.41, 5.74) is 0.909. The van der Waals surface area contributed by atoms with E-state index in [2.05, 4.69) is 13.8 Å². The van der Waals surface area contributed by atoms with Crippen molar-refractivity contribution in [3.05, 3.63) is 41.2 Å². The van der Waals surface area contributed by atoms with Crippen LogP contribution in [0.4, 0.5) is 0 Å².